The molecule has 0 atom stereocenters. The Morgan fingerprint density at radius 3 is 2.21 bits per heavy atom. The number of carbonyl (C=O) groups is 1. The fraction of sp³-hybridized carbons (Fsp3) is 0.909. The lowest BCUT2D eigenvalue weighted by Crippen LogP contribution is -2.44. The van der Waals surface area contributed by atoms with Crippen molar-refractivity contribution in [1.29, 1.82) is 0 Å². The Balaban J connectivity index is 3.85. The lowest BCUT2D eigenvalue weighted by Gasteiger charge is -2.24. The number of likely N-dealkylation sites (N-methyl/N-ethyl adjacent to an activating group) is 1. The molecule has 0 aromatic heterocycles. The summed E-state index contributed by atoms with van der Waals surface area (Å²) >= 11 is 0. The standard InChI is InChI=1S/C11H24N2O/c1-9(2)8-13(6)10(14)7-12-11(3,4)5/h9,12H,7-8H2,1-6H3. The Hall–Kier alpha value is -0.570. The summed E-state index contributed by atoms with van der Waals surface area (Å²) in [7, 11) is 1.85. The number of nitrogens with zero attached hydrogens (tertiary/aromatic N) is 1. The van der Waals surface area contributed by atoms with Gasteiger partial charge in [-0.3, -0.25) is 4.79 Å². The van der Waals surface area contributed by atoms with Gasteiger partial charge >= 0.3 is 0 Å². The highest BCUT2D eigenvalue weighted by molar-refractivity contribution is 5.78. The molecule has 3 heteroatoms. The van der Waals surface area contributed by atoms with E-state index in [2.05, 4.69) is 39.9 Å². The van der Waals surface area contributed by atoms with Gasteiger partial charge in [0.2, 0.25) is 5.91 Å². The molecule has 0 aliphatic heterocycles. The molecule has 1 amide bonds. The van der Waals surface area contributed by atoms with Crippen molar-refractivity contribution in [3.63, 3.8) is 0 Å². The molecule has 0 aromatic carbocycles. The zero-order chi connectivity index (χ0) is 11.4. The molecule has 0 saturated carbocycles. The average molecular weight is 200 g/mol. The quantitative estimate of drug-likeness (QED) is 0.745. The number of hydrogen-bond donors (Lipinski definition) is 1. The van der Waals surface area contributed by atoms with Gasteiger partial charge in [0.05, 0.1) is 6.54 Å². The molecule has 0 radical (unpaired) electrons. The smallest absolute Gasteiger partial charge is 0.236 e. The fourth-order valence-corrected chi connectivity index (χ4v) is 1.13. The van der Waals surface area contributed by atoms with E-state index in [1.165, 1.54) is 0 Å². The fourth-order valence-electron chi connectivity index (χ4n) is 1.13. The second-order valence-corrected chi connectivity index (χ2v) is 5.27. The van der Waals surface area contributed by atoms with Gasteiger partial charge in [-0.2, -0.15) is 0 Å². The normalized spacial score (nSPS) is 11.9. The highest BCUT2D eigenvalue weighted by Crippen LogP contribution is 1.99. The Kier molecular flexibility index (Phi) is 5.13. The van der Waals surface area contributed by atoms with Crippen LogP contribution in [0.2, 0.25) is 0 Å². The van der Waals surface area contributed by atoms with Crippen molar-refractivity contribution in [2.24, 2.45) is 5.92 Å². The summed E-state index contributed by atoms with van der Waals surface area (Å²) in [6, 6.07) is 0. The molecule has 3 nitrogen and oxygen atoms in total. The van der Waals surface area contributed by atoms with Crippen LogP contribution >= 0.6 is 0 Å². The zero-order valence-electron chi connectivity index (χ0n) is 10.3. The third kappa shape index (κ3) is 6.89. The number of carbonyl (C=O) groups excluding carboxylic acids is 1. The van der Waals surface area contributed by atoms with Crippen molar-refractivity contribution in [2.75, 3.05) is 20.1 Å². The van der Waals surface area contributed by atoms with Gasteiger partial charge in [-0.15, -0.1) is 0 Å². The summed E-state index contributed by atoms with van der Waals surface area (Å²) < 4.78 is 0. The molecular formula is C11H24N2O. The molecule has 0 bridgehead atoms. The minimum atomic E-state index is 0.00826. The van der Waals surface area contributed by atoms with Crippen molar-refractivity contribution in [1.82, 2.24) is 10.2 Å². The van der Waals surface area contributed by atoms with Crippen LogP contribution in [-0.2, 0) is 4.79 Å². The summed E-state index contributed by atoms with van der Waals surface area (Å²) in [5, 5.41) is 3.18. The van der Waals surface area contributed by atoms with Gasteiger partial charge in [0.1, 0.15) is 0 Å². The van der Waals surface area contributed by atoms with E-state index >= 15 is 0 Å². The van der Waals surface area contributed by atoms with E-state index in [-0.39, 0.29) is 11.4 Å². The molecule has 0 heterocycles. The summed E-state index contributed by atoms with van der Waals surface area (Å²) in [6.07, 6.45) is 0. The molecule has 0 spiro atoms. The topological polar surface area (TPSA) is 32.3 Å². The molecular weight excluding hydrogens is 176 g/mol. The molecule has 0 aliphatic carbocycles. The van der Waals surface area contributed by atoms with Crippen LogP contribution in [0.4, 0.5) is 0 Å². The lowest BCUT2D eigenvalue weighted by atomic mass is 10.1. The van der Waals surface area contributed by atoms with Crippen LogP contribution in [0.15, 0.2) is 0 Å². The van der Waals surface area contributed by atoms with Gasteiger partial charge in [0.25, 0.3) is 0 Å². The first kappa shape index (κ1) is 13.4. The Morgan fingerprint density at radius 2 is 1.86 bits per heavy atom. The van der Waals surface area contributed by atoms with E-state index in [0.29, 0.717) is 12.5 Å². The predicted octanol–water partition coefficient (Wildman–Crippen LogP) is 1.49. The van der Waals surface area contributed by atoms with Gasteiger partial charge in [0.15, 0.2) is 0 Å². The Labute approximate surface area is 87.9 Å². The van der Waals surface area contributed by atoms with Gasteiger partial charge < -0.3 is 10.2 Å². The third-order valence-corrected chi connectivity index (χ3v) is 1.83. The van der Waals surface area contributed by atoms with Crippen LogP contribution in [0, 0.1) is 5.92 Å². The third-order valence-electron chi connectivity index (χ3n) is 1.83. The van der Waals surface area contributed by atoms with E-state index in [0.717, 1.165) is 6.54 Å². The van der Waals surface area contributed by atoms with Gasteiger partial charge in [-0.25, -0.2) is 0 Å². The zero-order valence-corrected chi connectivity index (χ0v) is 10.3. The summed E-state index contributed by atoms with van der Waals surface area (Å²) in [5.41, 5.74) is 0.00826. The molecule has 84 valence electrons. The van der Waals surface area contributed by atoms with Crippen molar-refractivity contribution >= 4 is 5.91 Å². The molecule has 0 aliphatic rings. The summed E-state index contributed by atoms with van der Waals surface area (Å²) in [5.74, 6) is 0.687. The van der Waals surface area contributed by atoms with E-state index in [1.807, 2.05) is 7.05 Å². The number of nitrogens with one attached hydrogen (secondary N) is 1. The average Bonchev–Trinajstić information content (AvgIpc) is 1.97. The molecule has 0 rings (SSSR count). The van der Waals surface area contributed by atoms with E-state index in [1.54, 1.807) is 4.90 Å². The maximum Gasteiger partial charge on any atom is 0.236 e. The van der Waals surface area contributed by atoms with Crippen LogP contribution in [0.25, 0.3) is 0 Å². The molecule has 0 saturated heterocycles. The van der Waals surface area contributed by atoms with Crippen LogP contribution in [0.3, 0.4) is 0 Å². The molecule has 14 heavy (non-hydrogen) atoms. The van der Waals surface area contributed by atoms with Crippen LogP contribution < -0.4 is 5.32 Å². The Morgan fingerprint density at radius 1 is 1.36 bits per heavy atom. The highest BCUT2D eigenvalue weighted by atomic mass is 16.2. The molecule has 0 aromatic rings. The summed E-state index contributed by atoms with van der Waals surface area (Å²) in [4.78, 5) is 13.4. The monoisotopic (exact) mass is 200 g/mol. The number of hydrogen-bond acceptors (Lipinski definition) is 2. The lowest BCUT2D eigenvalue weighted by molar-refractivity contribution is -0.129. The highest BCUT2D eigenvalue weighted by Gasteiger charge is 2.14. The molecule has 0 unspecified atom stereocenters. The van der Waals surface area contributed by atoms with Crippen LogP contribution in [-0.4, -0.2) is 36.5 Å². The maximum atomic E-state index is 11.6. The van der Waals surface area contributed by atoms with Crippen molar-refractivity contribution in [3.8, 4) is 0 Å². The molecule has 1 N–H and O–H groups in total. The minimum Gasteiger partial charge on any atom is -0.344 e. The van der Waals surface area contributed by atoms with E-state index in [4.69, 9.17) is 0 Å². The second-order valence-electron chi connectivity index (χ2n) is 5.27. The second kappa shape index (κ2) is 5.35. The number of amides is 1. The first-order valence-electron chi connectivity index (χ1n) is 5.21. The van der Waals surface area contributed by atoms with Crippen LogP contribution in [0.5, 0.6) is 0 Å². The predicted molar refractivity (Wildman–Crippen MR) is 60.2 cm³/mol. The van der Waals surface area contributed by atoms with Gasteiger partial charge in [-0.05, 0) is 26.7 Å². The van der Waals surface area contributed by atoms with E-state index in [9.17, 15) is 4.79 Å². The largest absolute Gasteiger partial charge is 0.344 e. The van der Waals surface area contributed by atoms with Gasteiger partial charge in [0, 0.05) is 19.1 Å². The minimum absolute atomic E-state index is 0.00826. The molecule has 0 fully saturated rings. The first-order valence-corrected chi connectivity index (χ1v) is 5.21. The van der Waals surface area contributed by atoms with Crippen LogP contribution in [0.1, 0.15) is 34.6 Å². The van der Waals surface area contributed by atoms with Crippen molar-refractivity contribution < 1.29 is 4.79 Å². The van der Waals surface area contributed by atoms with Crippen molar-refractivity contribution in [2.45, 2.75) is 40.2 Å². The maximum absolute atomic E-state index is 11.6. The summed E-state index contributed by atoms with van der Waals surface area (Å²) in [6.45, 7) is 11.6. The Bertz CT molecular complexity index is 182. The van der Waals surface area contributed by atoms with E-state index < -0.39 is 0 Å². The number of rotatable bonds is 4. The van der Waals surface area contributed by atoms with Crippen molar-refractivity contribution in [3.05, 3.63) is 0 Å². The SMILES string of the molecule is CC(C)CN(C)C(=O)CNC(C)(C)C. The van der Waals surface area contributed by atoms with Gasteiger partial charge in [-0.1, -0.05) is 13.8 Å². The first-order chi connectivity index (χ1) is 6.22.